The summed E-state index contributed by atoms with van der Waals surface area (Å²) in [6, 6.07) is 7.91. The van der Waals surface area contributed by atoms with E-state index in [4.69, 9.17) is 5.11 Å². The molecule has 7 heteroatoms. The fourth-order valence-electron chi connectivity index (χ4n) is 1.58. The molecule has 0 fully saturated rings. The van der Waals surface area contributed by atoms with Crippen molar-refractivity contribution < 1.29 is 9.90 Å². The maximum atomic E-state index is 11.0. The fraction of sp³-hybridized carbons (Fsp3) is 0.0833. The Morgan fingerprint density at radius 2 is 1.95 bits per heavy atom. The van der Waals surface area contributed by atoms with E-state index in [0.29, 0.717) is 14.9 Å². The molecule has 19 heavy (non-hydrogen) atoms. The van der Waals surface area contributed by atoms with Gasteiger partial charge in [-0.25, -0.2) is 14.8 Å². The van der Waals surface area contributed by atoms with E-state index >= 15 is 0 Å². The Morgan fingerprint density at radius 3 is 2.63 bits per heavy atom. The highest BCUT2D eigenvalue weighted by Crippen LogP contribution is 2.37. The number of aromatic nitrogens is 2. The zero-order chi connectivity index (χ0) is 13.4. The van der Waals surface area contributed by atoms with Crippen molar-refractivity contribution in [1.82, 2.24) is 9.97 Å². The van der Waals surface area contributed by atoms with E-state index in [1.165, 1.54) is 23.1 Å². The van der Waals surface area contributed by atoms with Crippen LogP contribution in [0.3, 0.4) is 0 Å². The lowest BCUT2D eigenvalue weighted by Crippen LogP contribution is -1.94. The summed E-state index contributed by atoms with van der Waals surface area (Å²) in [6.07, 6.45) is 0. The standard InChI is InChI=1S/C12H8N2O2S3/c1-6-9(10(15)16)18-11(13-6)19-12-14-7-4-2-3-5-8(7)17-12/h2-5H,1H3,(H,15,16). The zero-order valence-corrected chi connectivity index (χ0v) is 12.2. The minimum atomic E-state index is -0.925. The van der Waals surface area contributed by atoms with E-state index in [1.807, 2.05) is 24.3 Å². The number of para-hydroxylation sites is 1. The molecule has 0 spiro atoms. The van der Waals surface area contributed by atoms with E-state index in [2.05, 4.69) is 9.97 Å². The van der Waals surface area contributed by atoms with Crippen molar-refractivity contribution in [3.8, 4) is 0 Å². The number of carboxylic acid groups (broad SMARTS) is 1. The fourth-order valence-corrected chi connectivity index (χ4v) is 4.88. The molecular formula is C12H8N2O2S3. The van der Waals surface area contributed by atoms with E-state index < -0.39 is 5.97 Å². The van der Waals surface area contributed by atoms with Gasteiger partial charge in [0.25, 0.3) is 0 Å². The summed E-state index contributed by atoms with van der Waals surface area (Å²) in [5.74, 6) is -0.925. The molecule has 0 saturated heterocycles. The van der Waals surface area contributed by atoms with Crippen molar-refractivity contribution in [2.45, 2.75) is 15.6 Å². The summed E-state index contributed by atoms with van der Waals surface area (Å²) in [7, 11) is 0. The zero-order valence-electron chi connectivity index (χ0n) is 9.78. The van der Waals surface area contributed by atoms with Crippen molar-refractivity contribution in [3.63, 3.8) is 0 Å². The predicted octanol–water partition coefficient (Wildman–Crippen LogP) is 3.91. The van der Waals surface area contributed by atoms with Crippen molar-refractivity contribution in [3.05, 3.63) is 34.8 Å². The normalized spacial score (nSPS) is 11.0. The average Bonchev–Trinajstić information content (AvgIpc) is 2.92. The molecule has 96 valence electrons. The summed E-state index contributed by atoms with van der Waals surface area (Å²) in [5, 5.41) is 9.01. The van der Waals surface area contributed by atoms with Crippen LogP contribution in [0.1, 0.15) is 15.4 Å². The van der Waals surface area contributed by atoms with Gasteiger partial charge in [0.05, 0.1) is 15.9 Å². The molecule has 1 N–H and O–H groups in total. The molecule has 0 unspecified atom stereocenters. The van der Waals surface area contributed by atoms with Gasteiger partial charge >= 0.3 is 5.97 Å². The highest BCUT2D eigenvalue weighted by atomic mass is 32.2. The first-order valence-electron chi connectivity index (χ1n) is 5.37. The number of hydrogen-bond donors (Lipinski definition) is 1. The van der Waals surface area contributed by atoms with Gasteiger partial charge < -0.3 is 5.11 Å². The third-order valence-corrected chi connectivity index (χ3v) is 5.72. The second-order valence-electron chi connectivity index (χ2n) is 3.75. The van der Waals surface area contributed by atoms with Crippen LogP contribution < -0.4 is 0 Å². The second kappa shape index (κ2) is 4.92. The Kier molecular flexibility index (Phi) is 3.26. The van der Waals surface area contributed by atoms with Gasteiger partial charge in [0.15, 0.2) is 8.68 Å². The summed E-state index contributed by atoms with van der Waals surface area (Å²) in [6.45, 7) is 1.71. The second-order valence-corrected chi connectivity index (χ2v) is 7.27. The number of aromatic carboxylic acids is 1. The number of nitrogens with zero attached hydrogens (tertiary/aromatic N) is 2. The quantitative estimate of drug-likeness (QED) is 0.794. The van der Waals surface area contributed by atoms with Crippen molar-refractivity contribution >= 4 is 50.6 Å². The predicted molar refractivity (Wildman–Crippen MR) is 77.6 cm³/mol. The molecule has 0 saturated carbocycles. The number of aryl methyl sites for hydroxylation is 1. The van der Waals surface area contributed by atoms with Crippen molar-refractivity contribution in [2.24, 2.45) is 0 Å². The number of benzene rings is 1. The van der Waals surface area contributed by atoms with Crippen LogP contribution >= 0.6 is 34.4 Å². The highest BCUT2D eigenvalue weighted by molar-refractivity contribution is 8.02. The molecule has 0 radical (unpaired) electrons. The average molecular weight is 308 g/mol. The first kappa shape index (κ1) is 12.6. The molecular weight excluding hydrogens is 300 g/mol. The van der Waals surface area contributed by atoms with Crippen LogP contribution in [0.2, 0.25) is 0 Å². The molecule has 0 atom stereocenters. The van der Waals surface area contributed by atoms with Crippen LogP contribution in [0.15, 0.2) is 32.9 Å². The third-order valence-electron chi connectivity index (χ3n) is 2.42. The van der Waals surface area contributed by atoms with Crippen LogP contribution in [0.25, 0.3) is 10.2 Å². The topological polar surface area (TPSA) is 63.1 Å². The summed E-state index contributed by atoms with van der Waals surface area (Å²) in [5.41, 5.74) is 1.52. The SMILES string of the molecule is Cc1nc(Sc2nc3ccccc3s2)sc1C(=O)O. The highest BCUT2D eigenvalue weighted by Gasteiger charge is 2.15. The molecule has 0 aliphatic rings. The molecule has 2 aromatic heterocycles. The van der Waals surface area contributed by atoms with E-state index in [-0.39, 0.29) is 0 Å². The van der Waals surface area contributed by atoms with Crippen LogP contribution in [-0.2, 0) is 0 Å². The van der Waals surface area contributed by atoms with E-state index in [1.54, 1.807) is 18.3 Å². The van der Waals surface area contributed by atoms with Crippen LogP contribution in [0.5, 0.6) is 0 Å². The summed E-state index contributed by atoms with van der Waals surface area (Å²) >= 11 is 4.20. The van der Waals surface area contributed by atoms with Crippen molar-refractivity contribution in [1.29, 1.82) is 0 Å². The molecule has 0 aliphatic carbocycles. The van der Waals surface area contributed by atoms with Crippen LogP contribution in [-0.4, -0.2) is 21.0 Å². The Morgan fingerprint density at radius 1 is 1.21 bits per heavy atom. The molecule has 1 aromatic carbocycles. The Balaban J connectivity index is 1.92. The number of fused-ring (bicyclic) bond motifs is 1. The third kappa shape index (κ3) is 2.49. The molecule has 2 heterocycles. The number of carbonyl (C=O) groups is 1. The molecule has 0 aliphatic heterocycles. The van der Waals surface area contributed by atoms with Gasteiger partial charge in [0, 0.05) is 0 Å². The van der Waals surface area contributed by atoms with Gasteiger partial charge in [-0.3, -0.25) is 0 Å². The molecule has 0 amide bonds. The maximum Gasteiger partial charge on any atom is 0.347 e. The monoisotopic (exact) mass is 308 g/mol. The first-order chi connectivity index (χ1) is 9.13. The minimum Gasteiger partial charge on any atom is -0.477 e. The number of carboxylic acids is 1. The summed E-state index contributed by atoms with van der Waals surface area (Å²) < 4.78 is 2.72. The Bertz CT molecular complexity index is 730. The smallest absolute Gasteiger partial charge is 0.347 e. The van der Waals surface area contributed by atoms with Gasteiger partial charge in [-0.05, 0) is 30.8 Å². The van der Waals surface area contributed by atoms with Crippen LogP contribution in [0.4, 0.5) is 0 Å². The lowest BCUT2D eigenvalue weighted by molar-refractivity contribution is 0.0701. The van der Waals surface area contributed by atoms with Crippen LogP contribution in [0, 0.1) is 6.92 Å². The van der Waals surface area contributed by atoms with Gasteiger partial charge in [-0.15, -0.1) is 11.3 Å². The lowest BCUT2D eigenvalue weighted by Gasteiger charge is -1.87. The number of thiazole rings is 2. The number of hydrogen-bond acceptors (Lipinski definition) is 6. The molecule has 3 rings (SSSR count). The molecule has 3 aromatic rings. The molecule has 0 bridgehead atoms. The van der Waals surface area contributed by atoms with Gasteiger partial charge in [0.1, 0.15) is 4.88 Å². The number of rotatable bonds is 3. The lowest BCUT2D eigenvalue weighted by atomic mass is 10.3. The van der Waals surface area contributed by atoms with E-state index in [9.17, 15) is 4.79 Å². The maximum absolute atomic E-state index is 11.0. The van der Waals surface area contributed by atoms with Gasteiger partial charge in [-0.1, -0.05) is 23.5 Å². The van der Waals surface area contributed by atoms with Crippen molar-refractivity contribution in [2.75, 3.05) is 0 Å². The largest absolute Gasteiger partial charge is 0.477 e. The first-order valence-corrected chi connectivity index (χ1v) is 7.82. The Hall–Kier alpha value is -1.44. The Labute approximate surface area is 121 Å². The summed E-state index contributed by atoms with van der Waals surface area (Å²) in [4.78, 5) is 20.0. The minimum absolute atomic E-state index is 0.295. The van der Waals surface area contributed by atoms with Gasteiger partial charge in [-0.2, -0.15) is 0 Å². The van der Waals surface area contributed by atoms with Gasteiger partial charge in [0.2, 0.25) is 0 Å². The molecule has 4 nitrogen and oxygen atoms in total. The van der Waals surface area contributed by atoms with E-state index in [0.717, 1.165) is 14.6 Å².